The second-order valence-electron chi connectivity index (χ2n) is 6.46. The zero-order chi connectivity index (χ0) is 20.5. The van der Waals surface area contributed by atoms with Crippen LogP contribution < -0.4 is 10.9 Å². The number of amides is 1. The van der Waals surface area contributed by atoms with Gasteiger partial charge in [-0.2, -0.15) is 5.10 Å². The minimum atomic E-state index is -0.402. The molecule has 1 N–H and O–H groups in total. The van der Waals surface area contributed by atoms with Crippen LogP contribution in [0.25, 0.3) is 16.7 Å². The summed E-state index contributed by atoms with van der Waals surface area (Å²) in [5.74, 6) is -0.763. The Labute approximate surface area is 169 Å². The van der Waals surface area contributed by atoms with Crippen molar-refractivity contribution in [3.8, 4) is 5.69 Å². The van der Waals surface area contributed by atoms with Crippen molar-refractivity contribution in [3.63, 3.8) is 0 Å². The zero-order valence-corrected chi connectivity index (χ0v) is 16.0. The predicted octanol–water partition coefficient (Wildman–Crippen LogP) is 3.32. The molecule has 0 bridgehead atoms. The fourth-order valence-electron chi connectivity index (χ4n) is 2.86. The van der Waals surface area contributed by atoms with Crippen LogP contribution in [0.1, 0.15) is 5.56 Å². The van der Waals surface area contributed by atoms with Crippen molar-refractivity contribution in [2.24, 2.45) is 0 Å². The Morgan fingerprint density at radius 3 is 2.69 bits per heavy atom. The highest BCUT2D eigenvalue weighted by molar-refractivity contribution is 6.31. The fourth-order valence-corrected chi connectivity index (χ4v) is 3.04. The summed E-state index contributed by atoms with van der Waals surface area (Å²) < 4.78 is 15.8. The molecule has 2 aromatic carbocycles. The third-order valence-electron chi connectivity index (χ3n) is 4.40. The number of fused-ring (bicyclic) bond motifs is 1. The quantitative estimate of drug-likeness (QED) is 0.558. The SMILES string of the molecule is Cc1ccc(NC(=O)Cn2cnc3c(cnn3-c3ccc(F)cc3)c2=O)cc1Cl. The van der Waals surface area contributed by atoms with Crippen LogP contribution in [-0.2, 0) is 11.3 Å². The number of hydrogen-bond acceptors (Lipinski definition) is 4. The van der Waals surface area contributed by atoms with Crippen molar-refractivity contribution in [3.05, 3.63) is 81.7 Å². The van der Waals surface area contributed by atoms with E-state index in [1.165, 1.54) is 46.0 Å². The highest BCUT2D eigenvalue weighted by Crippen LogP contribution is 2.20. The number of nitrogens with one attached hydrogen (secondary N) is 1. The van der Waals surface area contributed by atoms with Gasteiger partial charge in [0.15, 0.2) is 5.65 Å². The molecule has 0 unspecified atom stereocenters. The molecule has 0 saturated heterocycles. The Balaban J connectivity index is 1.59. The van der Waals surface area contributed by atoms with Gasteiger partial charge in [-0.3, -0.25) is 14.2 Å². The lowest BCUT2D eigenvalue weighted by molar-refractivity contribution is -0.116. The molecule has 0 aliphatic carbocycles. The van der Waals surface area contributed by atoms with Crippen molar-refractivity contribution in [1.82, 2.24) is 19.3 Å². The van der Waals surface area contributed by atoms with Gasteiger partial charge in [-0.15, -0.1) is 0 Å². The van der Waals surface area contributed by atoms with Gasteiger partial charge in [-0.25, -0.2) is 14.1 Å². The first-order chi connectivity index (χ1) is 13.9. The summed E-state index contributed by atoms with van der Waals surface area (Å²) in [6.07, 6.45) is 2.66. The zero-order valence-electron chi connectivity index (χ0n) is 15.3. The maximum Gasteiger partial charge on any atom is 0.264 e. The molecule has 9 heteroatoms. The first kappa shape index (κ1) is 18.8. The van der Waals surface area contributed by atoms with Crippen molar-refractivity contribution in [2.75, 3.05) is 5.32 Å². The molecule has 0 spiro atoms. The van der Waals surface area contributed by atoms with E-state index in [2.05, 4.69) is 15.4 Å². The molecule has 4 aromatic rings. The monoisotopic (exact) mass is 411 g/mol. The third kappa shape index (κ3) is 3.74. The number of halogens is 2. The number of aryl methyl sites for hydroxylation is 1. The number of benzene rings is 2. The van der Waals surface area contributed by atoms with Gasteiger partial charge < -0.3 is 5.32 Å². The number of nitrogens with zero attached hydrogens (tertiary/aromatic N) is 4. The molecule has 0 aliphatic heterocycles. The number of carbonyl (C=O) groups is 1. The first-order valence-electron chi connectivity index (χ1n) is 8.67. The van der Waals surface area contributed by atoms with Crippen LogP contribution in [0.4, 0.5) is 10.1 Å². The van der Waals surface area contributed by atoms with Crippen LogP contribution in [0.3, 0.4) is 0 Å². The highest BCUT2D eigenvalue weighted by atomic mass is 35.5. The van der Waals surface area contributed by atoms with E-state index >= 15 is 0 Å². The number of anilines is 1. The molecular formula is C20H15ClFN5O2. The van der Waals surface area contributed by atoms with Gasteiger partial charge in [0, 0.05) is 10.7 Å². The Bertz CT molecular complexity index is 1280. The highest BCUT2D eigenvalue weighted by Gasteiger charge is 2.13. The van der Waals surface area contributed by atoms with E-state index in [0.29, 0.717) is 22.0 Å². The minimum absolute atomic E-state index is 0.213. The second-order valence-corrected chi connectivity index (χ2v) is 6.87. The molecule has 29 heavy (non-hydrogen) atoms. The summed E-state index contributed by atoms with van der Waals surface area (Å²) in [5, 5.41) is 7.66. The standard InChI is InChI=1S/C20H15ClFN5O2/c1-12-2-5-14(8-17(12)21)25-18(28)10-26-11-23-19-16(20(26)29)9-24-27(19)15-6-3-13(22)4-7-15/h2-9,11H,10H2,1H3,(H,25,28). The maximum atomic E-state index is 13.1. The van der Waals surface area contributed by atoms with Crippen LogP contribution in [0.5, 0.6) is 0 Å². The molecule has 0 radical (unpaired) electrons. The summed E-state index contributed by atoms with van der Waals surface area (Å²) in [6.45, 7) is 1.65. The van der Waals surface area contributed by atoms with E-state index in [0.717, 1.165) is 5.56 Å². The van der Waals surface area contributed by atoms with E-state index < -0.39 is 5.56 Å². The van der Waals surface area contributed by atoms with Crippen LogP contribution in [-0.4, -0.2) is 25.2 Å². The number of rotatable bonds is 4. The molecule has 0 saturated carbocycles. The first-order valence-corrected chi connectivity index (χ1v) is 9.05. The van der Waals surface area contributed by atoms with E-state index in [9.17, 15) is 14.0 Å². The molecule has 0 fully saturated rings. The van der Waals surface area contributed by atoms with Crippen molar-refractivity contribution in [2.45, 2.75) is 13.5 Å². The summed E-state index contributed by atoms with van der Waals surface area (Å²) >= 11 is 6.06. The smallest absolute Gasteiger partial charge is 0.264 e. The average Bonchev–Trinajstić information content (AvgIpc) is 3.12. The summed E-state index contributed by atoms with van der Waals surface area (Å²) in [4.78, 5) is 29.3. The van der Waals surface area contributed by atoms with Crippen molar-refractivity contribution in [1.29, 1.82) is 0 Å². The van der Waals surface area contributed by atoms with Crippen LogP contribution >= 0.6 is 11.6 Å². The van der Waals surface area contributed by atoms with Gasteiger partial charge in [0.05, 0.1) is 11.9 Å². The summed E-state index contributed by atoms with van der Waals surface area (Å²) in [5.41, 5.74) is 1.93. The molecule has 2 heterocycles. The molecule has 0 atom stereocenters. The van der Waals surface area contributed by atoms with Crippen LogP contribution in [0, 0.1) is 12.7 Å². The Morgan fingerprint density at radius 2 is 1.97 bits per heavy atom. The van der Waals surface area contributed by atoms with E-state index in [1.807, 2.05) is 6.92 Å². The molecule has 2 aromatic heterocycles. The number of carbonyl (C=O) groups excluding carboxylic acids is 1. The molecule has 1 amide bonds. The van der Waals surface area contributed by atoms with Crippen molar-refractivity contribution < 1.29 is 9.18 Å². The Kier molecular flexibility index (Phi) is 4.85. The van der Waals surface area contributed by atoms with Gasteiger partial charge >= 0.3 is 0 Å². The molecular weight excluding hydrogens is 397 g/mol. The fraction of sp³-hybridized carbons (Fsp3) is 0.100. The van der Waals surface area contributed by atoms with Gasteiger partial charge in [-0.05, 0) is 48.9 Å². The second kappa shape index (κ2) is 7.48. The van der Waals surface area contributed by atoms with Gasteiger partial charge in [0.25, 0.3) is 5.56 Å². The topological polar surface area (TPSA) is 81.8 Å². The third-order valence-corrected chi connectivity index (χ3v) is 4.80. The van der Waals surface area contributed by atoms with Crippen LogP contribution in [0.15, 0.2) is 59.8 Å². The van der Waals surface area contributed by atoms with Crippen molar-refractivity contribution >= 4 is 34.2 Å². The average molecular weight is 412 g/mol. The molecule has 7 nitrogen and oxygen atoms in total. The summed E-state index contributed by atoms with van der Waals surface area (Å²) in [6, 6.07) is 10.8. The van der Waals surface area contributed by atoms with Crippen LogP contribution in [0.2, 0.25) is 5.02 Å². The largest absolute Gasteiger partial charge is 0.324 e. The van der Waals surface area contributed by atoms with Gasteiger partial charge in [0.2, 0.25) is 5.91 Å². The minimum Gasteiger partial charge on any atom is -0.324 e. The Morgan fingerprint density at radius 1 is 1.21 bits per heavy atom. The normalized spacial score (nSPS) is 11.0. The maximum absolute atomic E-state index is 13.1. The van der Waals surface area contributed by atoms with Gasteiger partial charge in [0.1, 0.15) is 24.1 Å². The lowest BCUT2D eigenvalue weighted by atomic mass is 10.2. The van der Waals surface area contributed by atoms with E-state index in [-0.39, 0.29) is 23.7 Å². The summed E-state index contributed by atoms with van der Waals surface area (Å²) in [7, 11) is 0. The molecule has 0 aliphatic rings. The van der Waals surface area contributed by atoms with E-state index in [4.69, 9.17) is 11.6 Å². The molecule has 146 valence electrons. The van der Waals surface area contributed by atoms with E-state index in [1.54, 1.807) is 18.2 Å². The number of hydrogen-bond donors (Lipinski definition) is 1. The number of aromatic nitrogens is 4. The van der Waals surface area contributed by atoms with Gasteiger partial charge in [-0.1, -0.05) is 17.7 Å². The lowest BCUT2D eigenvalue weighted by Gasteiger charge is -2.09. The lowest BCUT2D eigenvalue weighted by Crippen LogP contribution is -2.27. The predicted molar refractivity (Wildman–Crippen MR) is 108 cm³/mol. The molecule has 4 rings (SSSR count). The Hall–Kier alpha value is -3.52.